The Morgan fingerprint density at radius 2 is 2.21 bits per heavy atom. The fourth-order valence-electron chi connectivity index (χ4n) is 2.56. The van der Waals surface area contributed by atoms with Crippen LogP contribution in [-0.2, 0) is 6.54 Å². The topological polar surface area (TPSA) is 90.6 Å². The van der Waals surface area contributed by atoms with Crippen molar-refractivity contribution in [1.29, 1.82) is 0 Å². The van der Waals surface area contributed by atoms with Crippen molar-refractivity contribution in [2.24, 2.45) is 4.99 Å². The van der Waals surface area contributed by atoms with Gasteiger partial charge in [-0.3, -0.25) is 24.5 Å². The molecule has 0 atom stereocenters. The first-order chi connectivity index (χ1) is 11.6. The maximum Gasteiger partial charge on any atom is 0.270 e. The molecule has 3 heterocycles. The van der Waals surface area contributed by atoms with Crippen molar-refractivity contribution in [3.63, 3.8) is 0 Å². The van der Waals surface area contributed by atoms with E-state index in [9.17, 15) is 14.9 Å². The van der Waals surface area contributed by atoms with Gasteiger partial charge >= 0.3 is 0 Å². The van der Waals surface area contributed by atoms with E-state index in [-0.39, 0.29) is 11.2 Å². The minimum absolute atomic E-state index is 0.00367. The highest BCUT2D eigenvalue weighted by molar-refractivity contribution is 7.07. The molecule has 1 aromatic carbocycles. The number of fused-ring (bicyclic) bond motifs is 1. The number of aromatic nitrogens is 1. The van der Waals surface area contributed by atoms with Crippen molar-refractivity contribution >= 4 is 23.1 Å². The number of nitro groups is 1. The van der Waals surface area contributed by atoms with Crippen molar-refractivity contribution < 1.29 is 9.34 Å². The van der Waals surface area contributed by atoms with Crippen molar-refractivity contribution in [3.8, 4) is 11.3 Å². The monoisotopic (exact) mass is 341 g/mol. The summed E-state index contributed by atoms with van der Waals surface area (Å²) in [4.78, 5) is 27.6. The van der Waals surface area contributed by atoms with E-state index in [0.29, 0.717) is 34.7 Å². The van der Waals surface area contributed by atoms with E-state index < -0.39 is 4.92 Å². The maximum absolute atomic E-state index is 12.2. The fraction of sp³-hybridized carbons (Fsp3) is 0.125. The van der Waals surface area contributed by atoms with Crippen LogP contribution >= 0.6 is 11.3 Å². The van der Waals surface area contributed by atoms with Crippen LogP contribution in [0.1, 0.15) is 5.76 Å². The zero-order chi connectivity index (χ0) is 16.7. The van der Waals surface area contributed by atoms with E-state index in [0.717, 1.165) is 4.80 Å². The van der Waals surface area contributed by atoms with Crippen LogP contribution in [0.2, 0.25) is 0 Å². The second-order valence-electron chi connectivity index (χ2n) is 5.24. The number of rotatable bonds is 3. The predicted octanol–water partition coefficient (Wildman–Crippen LogP) is 1.54. The van der Waals surface area contributed by atoms with Crippen molar-refractivity contribution in [1.82, 2.24) is 4.57 Å². The third-order valence-corrected chi connectivity index (χ3v) is 4.74. The number of hydrogen-bond acceptors (Lipinski definition) is 6. The Kier molecular flexibility index (Phi) is 3.39. The summed E-state index contributed by atoms with van der Waals surface area (Å²) in [7, 11) is 0. The summed E-state index contributed by atoms with van der Waals surface area (Å²) < 4.78 is 7.93. The van der Waals surface area contributed by atoms with E-state index in [1.165, 1.54) is 23.5 Å². The molecule has 7 nitrogen and oxygen atoms in total. The quantitative estimate of drug-likeness (QED) is 0.534. The number of nitro benzene ring substituents is 1. The van der Waals surface area contributed by atoms with Crippen molar-refractivity contribution in [2.45, 2.75) is 6.54 Å². The molecule has 0 unspecified atom stereocenters. The summed E-state index contributed by atoms with van der Waals surface area (Å²) in [6, 6.07) is 9.70. The van der Waals surface area contributed by atoms with Gasteiger partial charge < -0.3 is 4.42 Å². The molecule has 24 heavy (non-hydrogen) atoms. The van der Waals surface area contributed by atoms with Gasteiger partial charge in [0.15, 0.2) is 4.80 Å². The summed E-state index contributed by atoms with van der Waals surface area (Å²) in [5, 5.41) is 10.9. The van der Waals surface area contributed by atoms with Gasteiger partial charge in [-0.05, 0) is 12.1 Å². The van der Waals surface area contributed by atoms with E-state index >= 15 is 0 Å². The Balaban J connectivity index is 1.74. The van der Waals surface area contributed by atoms with Crippen LogP contribution in [0.3, 0.4) is 0 Å². The third kappa shape index (κ3) is 2.46. The molecule has 8 heteroatoms. The molecule has 0 amide bonds. The number of non-ortho nitro benzene ring substituents is 1. The largest absolute Gasteiger partial charge is 0.457 e. The molecule has 0 radical (unpaired) electrons. The van der Waals surface area contributed by atoms with Crippen LogP contribution < -0.4 is 14.9 Å². The fourth-order valence-corrected chi connectivity index (χ4v) is 3.57. The average Bonchev–Trinajstić information content (AvgIpc) is 3.28. The van der Waals surface area contributed by atoms with E-state index in [2.05, 4.69) is 4.99 Å². The summed E-state index contributed by atoms with van der Waals surface area (Å²) >= 11 is 1.33. The van der Waals surface area contributed by atoms with Gasteiger partial charge in [-0.2, -0.15) is 0 Å². The Bertz CT molecular complexity index is 1120. The molecule has 0 saturated carbocycles. The van der Waals surface area contributed by atoms with Gasteiger partial charge in [-0.1, -0.05) is 23.5 Å². The van der Waals surface area contributed by atoms with Gasteiger partial charge in [-0.15, -0.1) is 0 Å². The first-order valence-electron chi connectivity index (χ1n) is 7.22. The summed E-state index contributed by atoms with van der Waals surface area (Å²) in [6.45, 7) is 1.27. The SMILES string of the molecule is O=c1c(=Cc2ccc(-c3cccc([N+](=O)[O-])c3)o2)sc2n1CCN=2. The summed E-state index contributed by atoms with van der Waals surface area (Å²) in [5.41, 5.74) is 0.553. The van der Waals surface area contributed by atoms with E-state index in [4.69, 9.17) is 4.42 Å². The molecule has 3 aromatic rings. The molecule has 0 spiro atoms. The van der Waals surface area contributed by atoms with Gasteiger partial charge in [0.05, 0.1) is 16.0 Å². The van der Waals surface area contributed by atoms with E-state index in [1.807, 2.05) is 0 Å². The first kappa shape index (κ1) is 14.6. The minimum Gasteiger partial charge on any atom is -0.457 e. The van der Waals surface area contributed by atoms with Crippen molar-refractivity contribution in [2.75, 3.05) is 6.54 Å². The van der Waals surface area contributed by atoms with Gasteiger partial charge in [0.25, 0.3) is 11.2 Å². The second-order valence-corrected chi connectivity index (χ2v) is 6.25. The molecule has 0 N–H and O–H groups in total. The Morgan fingerprint density at radius 1 is 1.33 bits per heavy atom. The molecule has 1 aliphatic heterocycles. The molecule has 1 aliphatic rings. The molecular weight excluding hydrogens is 330 g/mol. The molecular formula is C16H11N3O4S. The molecule has 0 aliphatic carbocycles. The third-order valence-electron chi connectivity index (χ3n) is 3.70. The lowest BCUT2D eigenvalue weighted by Gasteiger charge is -1.96. The predicted molar refractivity (Wildman–Crippen MR) is 88.6 cm³/mol. The van der Waals surface area contributed by atoms with Gasteiger partial charge in [0.1, 0.15) is 11.5 Å². The first-order valence-corrected chi connectivity index (χ1v) is 8.04. The Hall–Kier alpha value is -3.00. The normalized spacial score (nSPS) is 13.8. The molecule has 120 valence electrons. The highest BCUT2D eigenvalue weighted by Crippen LogP contribution is 2.25. The van der Waals surface area contributed by atoms with Gasteiger partial charge in [-0.25, -0.2) is 0 Å². The summed E-state index contributed by atoms with van der Waals surface area (Å²) in [6.07, 6.45) is 1.68. The number of benzene rings is 1. The molecule has 0 bridgehead atoms. The lowest BCUT2D eigenvalue weighted by Crippen LogP contribution is -2.29. The average molecular weight is 341 g/mol. The highest BCUT2D eigenvalue weighted by Gasteiger charge is 2.12. The van der Waals surface area contributed by atoms with Crippen molar-refractivity contribution in [3.05, 3.63) is 72.0 Å². The standard InChI is InChI=1S/C16H11N3O4S/c20-15-14(24-16-17-6-7-18(15)16)9-12-4-5-13(23-12)10-2-1-3-11(8-10)19(21)22/h1-5,8-9H,6-7H2. The second kappa shape index (κ2) is 5.57. The van der Waals surface area contributed by atoms with Gasteiger partial charge in [0, 0.05) is 30.3 Å². The number of furan rings is 1. The highest BCUT2D eigenvalue weighted by atomic mass is 32.1. The number of nitrogens with zero attached hydrogens (tertiary/aromatic N) is 3. The maximum atomic E-state index is 12.2. The molecule has 0 fully saturated rings. The minimum atomic E-state index is -0.447. The lowest BCUT2D eigenvalue weighted by molar-refractivity contribution is -0.384. The molecule has 4 rings (SSSR count). The van der Waals surface area contributed by atoms with Crippen LogP contribution in [0.4, 0.5) is 5.69 Å². The lowest BCUT2D eigenvalue weighted by atomic mass is 10.1. The zero-order valence-corrected chi connectivity index (χ0v) is 13.2. The number of thiazole rings is 1. The van der Waals surface area contributed by atoms with Crippen LogP contribution in [0.25, 0.3) is 17.4 Å². The Labute approximate surface area is 139 Å². The smallest absolute Gasteiger partial charge is 0.270 e. The van der Waals surface area contributed by atoms with Crippen LogP contribution in [0.15, 0.2) is 50.6 Å². The Morgan fingerprint density at radius 3 is 3.00 bits per heavy atom. The summed E-state index contributed by atoms with van der Waals surface area (Å²) in [5.74, 6) is 1.04. The zero-order valence-electron chi connectivity index (χ0n) is 12.3. The number of hydrogen-bond donors (Lipinski definition) is 0. The molecule has 2 aromatic heterocycles. The van der Waals surface area contributed by atoms with E-state index in [1.54, 1.807) is 34.9 Å². The molecule has 0 saturated heterocycles. The van der Waals surface area contributed by atoms with Crippen LogP contribution in [-0.4, -0.2) is 16.0 Å². The van der Waals surface area contributed by atoms with Crippen LogP contribution in [0.5, 0.6) is 0 Å². The van der Waals surface area contributed by atoms with Crippen LogP contribution in [0, 0.1) is 10.1 Å². The van der Waals surface area contributed by atoms with Gasteiger partial charge in [0.2, 0.25) is 0 Å².